The maximum absolute atomic E-state index is 11.1. The van der Waals surface area contributed by atoms with Crippen molar-refractivity contribution in [2.75, 3.05) is 20.3 Å². The van der Waals surface area contributed by atoms with Crippen molar-refractivity contribution in [1.29, 1.82) is 0 Å². The number of nitrogens with two attached hydrogens (primary N) is 1. The predicted molar refractivity (Wildman–Crippen MR) is 77.6 cm³/mol. The van der Waals surface area contributed by atoms with Crippen molar-refractivity contribution in [3.63, 3.8) is 0 Å². The van der Waals surface area contributed by atoms with Gasteiger partial charge < -0.3 is 15.2 Å². The third-order valence-electron chi connectivity index (χ3n) is 4.16. The van der Waals surface area contributed by atoms with Gasteiger partial charge in [-0.3, -0.25) is 4.79 Å². The summed E-state index contributed by atoms with van der Waals surface area (Å²) in [4.78, 5) is 11.1. The summed E-state index contributed by atoms with van der Waals surface area (Å²) in [7, 11) is 1.41. The van der Waals surface area contributed by atoms with Crippen molar-refractivity contribution in [3.05, 3.63) is 29.8 Å². The fourth-order valence-electron chi connectivity index (χ4n) is 2.42. The minimum atomic E-state index is -0.180. The molecule has 4 nitrogen and oxygen atoms in total. The number of esters is 1. The molecule has 1 aliphatic rings. The van der Waals surface area contributed by atoms with Gasteiger partial charge in [0.15, 0.2) is 0 Å². The molecule has 2 rings (SSSR count). The Morgan fingerprint density at radius 3 is 2.50 bits per heavy atom. The van der Waals surface area contributed by atoms with E-state index in [4.69, 9.17) is 10.5 Å². The molecular formula is C16H23NO3. The van der Waals surface area contributed by atoms with Crippen LogP contribution in [0.1, 0.15) is 31.2 Å². The number of hydrogen-bond donors (Lipinski definition) is 1. The van der Waals surface area contributed by atoms with E-state index in [1.807, 2.05) is 24.3 Å². The first-order chi connectivity index (χ1) is 9.67. The molecular weight excluding hydrogens is 254 g/mol. The molecule has 1 aliphatic carbocycles. The minimum Gasteiger partial charge on any atom is -0.493 e. The lowest BCUT2D eigenvalue weighted by molar-refractivity contribution is -0.140. The SMILES string of the molecule is COC(=O)CCc1ccc(OCC2(CN)CCC2)cc1. The van der Waals surface area contributed by atoms with Crippen LogP contribution in [0.4, 0.5) is 0 Å². The zero-order valence-corrected chi connectivity index (χ0v) is 12.1. The third-order valence-corrected chi connectivity index (χ3v) is 4.16. The molecule has 0 unspecified atom stereocenters. The smallest absolute Gasteiger partial charge is 0.305 e. The summed E-state index contributed by atoms with van der Waals surface area (Å²) < 4.78 is 10.5. The van der Waals surface area contributed by atoms with Gasteiger partial charge in [0.05, 0.1) is 13.7 Å². The zero-order chi connectivity index (χ0) is 14.4. The first kappa shape index (κ1) is 14.9. The number of carbonyl (C=O) groups excluding carboxylic acids is 1. The topological polar surface area (TPSA) is 61.5 Å². The van der Waals surface area contributed by atoms with Crippen LogP contribution in [0.3, 0.4) is 0 Å². The predicted octanol–water partition coefficient (Wildman–Crippen LogP) is 2.30. The highest BCUT2D eigenvalue weighted by molar-refractivity contribution is 5.69. The van der Waals surface area contributed by atoms with Crippen molar-refractivity contribution >= 4 is 5.97 Å². The first-order valence-corrected chi connectivity index (χ1v) is 7.16. The van der Waals surface area contributed by atoms with Crippen LogP contribution in [0.2, 0.25) is 0 Å². The summed E-state index contributed by atoms with van der Waals surface area (Å²) in [5.41, 5.74) is 7.12. The monoisotopic (exact) mass is 277 g/mol. The number of ether oxygens (including phenoxy) is 2. The van der Waals surface area contributed by atoms with E-state index in [2.05, 4.69) is 4.74 Å². The Morgan fingerprint density at radius 1 is 1.30 bits per heavy atom. The molecule has 1 aromatic carbocycles. The largest absolute Gasteiger partial charge is 0.493 e. The Morgan fingerprint density at radius 2 is 2.00 bits per heavy atom. The second kappa shape index (κ2) is 6.75. The van der Waals surface area contributed by atoms with Gasteiger partial charge in [-0.05, 0) is 37.0 Å². The highest BCUT2D eigenvalue weighted by Gasteiger charge is 2.36. The Balaban J connectivity index is 1.80. The van der Waals surface area contributed by atoms with E-state index >= 15 is 0 Å². The molecule has 2 N–H and O–H groups in total. The van der Waals surface area contributed by atoms with E-state index in [0.717, 1.165) is 11.3 Å². The minimum absolute atomic E-state index is 0.180. The zero-order valence-electron chi connectivity index (χ0n) is 12.1. The summed E-state index contributed by atoms with van der Waals surface area (Å²) in [6, 6.07) is 7.90. The standard InChI is InChI=1S/C16H23NO3/c1-19-15(18)8-5-13-3-6-14(7-4-13)20-12-16(11-17)9-2-10-16/h3-4,6-7H,2,5,8-12,17H2,1H3. The third kappa shape index (κ3) is 3.73. The number of rotatable bonds is 7. The lowest BCUT2D eigenvalue weighted by Gasteiger charge is -2.40. The maximum Gasteiger partial charge on any atom is 0.305 e. The van der Waals surface area contributed by atoms with Gasteiger partial charge in [0.1, 0.15) is 5.75 Å². The van der Waals surface area contributed by atoms with Crippen molar-refractivity contribution in [2.24, 2.45) is 11.1 Å². The number of methoxy groups -OCH3 is 1. The molecule has 1 saturated carbocycles. The molecule has 110 valence electrons. The van der Waals surface area contributed by atoms with E-state index in [0.29, 0.717) is 26.0 Å². The van der Waals surface area contributed by atoms with Crippen LogP contribution in [0.25, 0.3) is 0 Å². The summed E-state index contributed by atoms with van der Waals surface area (Å²) in [5.74, 6) is 0.687. The molecule has 4 heteroatoms. The van der Waals surface area contributed by atoms with Crippen LogP contribution in [0.5, 0.6) is 5.75 Å². The second-order valence-electron chi connectivity index (χ2n) is 5.57. The van der Waals surface area contributed by atoms with Gasteiger partial charge in [0.2, 0.25) is 0 Å². The number of carbonyl (C=O) groups is 1. The summed E-state index contributed by atoms with van der Waals surface area (Å²) in [5, 5.41) is 0. The second-order valence-corrected chi connectivity index (χ2v) is 5.57. The van der Waals surface area contributed by atoms with Crippen molar-refractivity contribution in [2.45, 2.75) is 32.1 Å². The average molecular weight is 277 g/mol. The Hall–Kier alpha value is -1.55. The summed E-state index contributed by atoms with van der Waals surface area (Å²) in [6.45, 7) is 1.40. The van der Waals surface area contributed by atoms with Gasteiger partial charge in [-0.25, -0.2) is 0 Å². The highest BCUT2D eigenvalue weighted by atomic mass is 16.5. The maximum atomic E-state index is 11.1. The molecule has 0 amide bonds. The van der Waals surface area contributed by atoms with Gasteiger partial charge in [-0.1, -0.05) is 18.6 Å². The van der Waals surface area contributed by atoms with E-state index in [1.54, 1.807) is 0 Å². The summed E-state index contributed by atoms with van der Waals surface area (Å²) >= 11 is 0. The van der Waals surface area contributed by atoms with Crippen molar-refractivity contribution in [3.8, 4) is 5.75 Å². The molecule has 0 aliphatic heterocycles. The molecule has 1 aromatic rings. The molecule has 0 heterocycles. The number of aryl methyl sites for hydroxylation is 1. The average Bonchev–Trinajstić information content (AvgIpc) is 2.45. The van der Waals surface area contributed by atoms with E-state index < -0.39 is 0 Å². The highest BCUT2D eigenvalue weighted by Crippen LogP contribution is 2.40. The van der Waals surface area contributed by atoms with Crippen LogP contribution in [0, 0.1) is 5.41 Å². The lowest BCUT2D eigenvalue weighted by atomic mass is 9.69. The molecule has 0 spiro atoms. The van der Waals surface area contributed by atoms with Gasteiger partial charge in [-0.15, -0.1) is 0 Å². The molecule has 0 saturated heterocycles. The van der Waals surface area contributed by atoms with Crippen molar-refractivity contribution < 1.29 is 14.3 Å². The lowest BCUT2D eigenvalue weighted by Crippen LogP contribution is -2.42. The van der Waals surface area contributed by atoms with E-state index in [1.165, 1.54) is 26.4 Å². The van der Waals surface area contributed by atoms with Gasteiger partial charge in [-0.2, -0.15) is 0 Å². The number of benzene rings is 1. The van der Waals surface area contributed by atoms with Gasteiger partial charge >= 0.3 is 5.97 Å². The van der Waals surface area contributed by atoms with Gasteiger partial charge in [0, 0.05) is 18.4 Å². The summed E-state index contributed by atoms with van der Waals surface area (Å²) in [6.07, 6.45) is 4.70. The van der Waals surface area contributed by atoms with Crippen LogP contribution in [-0.4, -0.2) is 26.2 Å². The molecule has 0 bridgehead atoms. The first-order valence-electron chi connectivity index (χ1n) is 7.16. The van der Waals surface area contributed by atoms with Crippen LogP contribution < -0.4 is 10.5 Å². The Labute approximate surface area is 120 Å². The molecule has 0 atom stereocenters. The quantitative estimate of drug-likeness (QED) is 0.777. The van der Waals surface area contributed by atoms with Crippen molar-refractivity contribution in [1.82, 2.24) is 0 Å². The van der Waals surface area contributed by atoms with E-state index in [9.17, 15) is 4.79 Å². The number of hydrogen-bond acceptors (Lipinski definition) is 4. The molecule has 20 heavy (non-hydrogen) atoms. The van der Waals surface area contributed by atoms with Gasteiger partial charge in [0.25, 0.3) is 0 Å². The van der Waals surface area contributed by atoms with E-state index in [-0.39, 0.29) is 11.4 Å². The fraction of sp³-hybridized carbons (Fsp3) is 0.562. The normalized spacial score (nSPS) is 16.3. The molecule has 1 fully saturated rings. The Kier molecular flexibility index (Phi) is 5.01. The van der Waals surface area contributed by atoms with Crippen LogP contribution in [0.15, 0.2) is 24.3 Å². The van der Waals surface area contributed by atoms with Crippen LogP contribution >= 0.6 is 0 Å². The molecule has 0 aromatic heterocycles. The fourth-order valence-corrected chi connectivity index (χ4v) is 2.42. The molecule has 0 radical (unpaired) electrons. The Bertz CT molecular complexity index is 432. The van der Waals surface area contributed by atoms with Crippen LogP contribution in [-0.2, 0) is 16.0 Å².